The lowest BCUT2D eigenvalue weighted by molar-refractivity contribution is 0.0627. The lowest BCUT2D eigenvalue weighted by atomic mass is 9.97. The Kier molecular flexibility index (Phi) is 3.31. The molecule has 1 aliphatic heterocycles. The first-order valence-electron chi connectivity index (χ1n) is 6.10. The van der Waals surface area contributed by atoms with Crippen LogP contribution in [0.1, 0.15) is 26.3 Å². The van der Waals surface area contributed by atoms with Crippen LogP contribution in [0, 0.1) is 0 Å². The Balaban J connectivity index is 2.07. The van der Waals surface area contributed by atoms with E-state index in [0.717, 1.165) is 19.6 Å². The van der Waals surface area contributed by atoms with Crippen LogP contribution in [-0.2, 0) is 6.54 Å². The first kappa shape index (κ1) is 11.6. The van der Waals surface area contributed by atoms with Crippen LogP contribution in [0.4, 0.5) is 0 Å². The van der Waals surface area contributed by atoms with Gasteiger partial charge in [-0.2, -0.15) is 0 Å². The predicted octanol–water partition coefficient (Wildman–Crippen LogP) is 2.26. The van der Waals surface area contributed by atoms with Crippen molar-refractivity contribution in [3.05, 3.63) is 35.9 Å². The van der Waals surface area contributed by atoms with Crippen molar-refractivity contribution in [3.63, 3.8) is 0 Å². The van der Waals surface area contributed by atoms with Gasteiger partial charge in [-0.25, -0.2) is 0 Å². The highest BCUT2D eigenvalue weighted by atomic mass is 15.3. The van der Waals surface area contributed by atoms with E-state index in [1.807, 2.05) is 0 Å². The van der Waals surface area contributed by atoms with Crippen LogP contribution in [0.2, 0.25) is 0 Å². The zero-order valence-corrected chi connectivity index (χ0v) is 10.5. The average Bonchev–Trinajstić information content (AvgIpc) is 2.26. The molecule has 0 spiro atoms. The molecule has 1 atom stereocenters. The van der Waals surface area contributed by atoms with Gasteiger partial charge in [-0.3, -0.25) is 4.90 Å². The van der Waals surface area contributed by atoms with Gasteiger partial charge in [0, 0.05) is 31.2 Å². The molecular formula is C14H22N2. The molecule has 2 nitrogen and oxygen atoms in total. The van der Waals surface area contributed by atoms with Crippen LogP contribution < -0.4 is 5.32 Å². The fourth-order valence-corrected chi connectivity index (χ4v) is 2.26. The molecule has 1 heterocycles. The number of piperazine rings is 1. The summed E-state index contributed by atoms with van der Waals surface area (Å²) in [5, 5.41) is 3.55. The molecule has 88 valence electrons. The molecule has 0 unspecified atom stereocenters. The topological polar surface area (TPSA) is 15.3 Å². The molecule has 1 aromatic carbocycles. The van der Waals surface area contributed by atoms with Crippen LogP contribution in [-0.4, -0.2) is 29.6 Å². The highest BCUT2D eigenvalue weighted by Crippen LogP contribution is 2.21. The average molecular weight is 218 g/mol. The van der Waals surface area contributed by atoms with Crippen molar-refractivity contribution in [2.45, 2.75) is 38.9 Å². The van der Waals surface area contributed by atoms with Gasteiger partial charge in [0.2, 0.25) is 0 Å². The first-order chi connectivity index (χ1) is 7.58. The lowest BCUT2D eigenvalue weighted by Gasteiger charge is -2.45. The molecule has 0 radical (unpaired) electrons. The van der Waals surface area contributed by atoms with E-state index >= 15 is 0 Å². The third-order valence-electron chi connectivity index (χ3n) is 3.45. The van der Waals surface area contributed by atoms with Gasteiger partial charge in [0.1, 0.15) is 0 Å². The van der Waals surface area contributed by atoms with Gasteiger partial charge in [-0.15, -0.1) is 0 Å². The quantitative estimate of drug-likeness (QED) is 0.819. The fourth-order valence-electron chi connectivity index (χ4n) is 2.26. The summed E-state index contributed by atoms with van der Waals surface area (Å²) >= 11 is 0. The highest BCUT2D eigenvalue weighted by Gasteiger charge is 2.31. The zero-order chi connectivity index (χ0) is 11.6. The number of nitrogens with zero attached hydrogens (tertiary/aromatic N) is 1. The fraction of sp³-hybridized carbons (Fsp3) is 0.571. The second-order valence-electron chi connectivity index (χ2n) is 5.46. The monoisotopic (exact) mass is 218 g/mol. The number of rotatable bonds is 2. The molecule has 2 rings (SSSR count). The molecule has 16 heavy (non-hydrogen) atoms. The molecule has 1 aliphatic rings. The van der Waals surface area contributed by atoms with Crippen molar-refractivity contribution in [1.29, 1.82) is 0 Å². The summed E-state index contributed by atoms with van der Waals surface area (Å²) in [6.07, 6.45) is 0. The summed E-state index contributed by atoms with van der Waals surface area (Å²) in [6, 6.07) is 11.3. The maximum Gasteiger partial charge on any atom is 0.0281 e. The smallest absolute Gasteiger partial charge is 0.0281 e. The maximum atomic E-state index is 3.55. The SMILES string of the molecule is C[C@@H]1CN(Cc2ccccc2)C(C)(C)CN1. The zero-order valence-electron chi connectivity index (χ0n) is 10.5. The predicted molar refractivity (Wildman–Crippen MR) is 68.4 cm³/mol. The second kappa shape index (κ2) is 4.56. The van der Waals surface area contributed by atoms with E-state index in [2.05, 4.69) is 61.3 Å². The normalized spacial score (nSPS) is 25.6. The van der Waals surface area contributed by atoms with Crippen LogP contribution in [0.15, 0.2) is 30.3 Å². The van der Waals surface area contributed by atoms with Crippen molar-refractivity contribution in [2.75, 3.05) is 13.1 Å². The third kappa shape index (κ3) is 2.63. The Morgan fingerprint density at radius 2 is 2.00 bits per heavy atom. The molecule has 1 fully saturated rings. The van der Waals surface area contributed by atoms with E-state index in [0.29, 0.717) is 6.04 Å². The van der Waals surface area contributed by atoms with Gasteiger partial charge in [0.15, 0.2) is 0 Å². The van der Waals surface area contributed by atoms with Crippen LogP contribution in [0.25, 0.3) is 0 Å². The standard InChI is InChI=1S/C14H22N2/c1-12-9-16(14(2,3)11-15-12)10-13-7-5-4-6-8-13/h4-8,12,15H,9-11H2,1-3H3/t12-/m1/s1. The first-order valence-corrected chi connectivity index (χ1v) is 6.10. The van der Waals surface area contributed by atoms with Crippen molar-refractivity contribution >= 4 is 0 Å². The minimum atomic E-state index is 0.252. The molecule has 1 aromatic rings. The summed E-state index contributed by atoms with van der Waals surface area (Å²) < 4.78 is 0. The Morgan fingerprint density at radius 3 is 2.69 bits per heavy atom. The molecule has 0 saturated carbocycles. The van der Waals surface area contributed by atoms with Gasteiger partial charge >= 0.3 is 0 Å². The van der Waals surface area contributed by atoms with Crippen LogP contribution >= 0.6 is 0 Å². The van der Waals surface area contributed by atoms with E-state index in [4.69, 9.17) is 0 Å². The summed E-state index contributed by atoms with van der Waals surface area (Å²) in [4.78, 5) is 2.57. The molecule has 0 aliphatic carbocycles. The Morgan fingerprint density at radius 1 is 1.31 bits per heavy atom. The van der Waals surface area contributed by atoms with E-state index in [9.17, 15) is 0 Å². The van der Waals surface area contributed by atoms with Gasteiger partial charge in [-0.1, -0.05) is 30.3 Å². The van der Waals surface area contributed by atoms with Gasteiger partial charge in [0.25, 0.3) is 0 Å². The number of hydrogen-bond acceptors (Lipinski definition) is 2. The van der Waals surface area contributed by atoms with Crippen molar-refractivity contribution in [1.82, 2.24) is 10.2 Å². The Bertz CT molecular complexity index is 332. The molecule has 1 saturated heterocycles. The van der Waals surface area contributed by atoms with Crippen molar-refractivity contribution in [3.8, 4) is 0 Å². The molecular weight excluding hydrogens is 196 g/mol. The Hall–Kier alpha value is -0.860. The maximum absolute atomic E-state index is 3.55. The largest absolute Gasteiger partial charge is 0.311 e. The van der Waals surface area contributed by atoms with Gasteiger partial charge < -0.3 is 5.32 Å². The molecule has 0 bridgehead atoms. The highest BCUT2D eigenvalue weighted by molar-refractivity contribution is 5.15. The van der Waals surface area contributed by atoms with Crippen molar-refractivity contribution in [2.24, 2.45) is 0 Å². The summed E-state index contributed by atoms with van der Waals surface area (Å²) in [5.74, 6) is 0. The summed E-state index contributed by atoms with van der Waals surface area (Å²) in [5.41, 5.74) is 1.66. The van der Waals surface area contributed by atoms with Crippen LogP contribution in [0.3, 0.4) is 0 Å². The third-order valence-corrected chi connectivity index (χ3v) is 3.45. The minimum absolute atomic E-state index is 0.252. The lowest BCUT2D eigenvalue weighted by Crippen LogP contribution is -2.60. The number of hydrogen-bond donors (Lipinski definition) is 1. The summed E-state index contributed by atoms with van der Waals surface area (Å²) in [6.45, 7) is 10.1. The van der Waals surface area contributed by atoms with E-state index < -0.39 is 0 Å². The van der Waals surface area contributed by atoms with E-state index in [1.54, 1.807) is 0 Å². The number of nitrogens with one attached hydrogen (secondary N) is 1. The van der Waals surface area contributed by atoms with E-state index in [-0.39, 0.29) is 5.54 Å². The molecule has 0 aromatic heterocycles. The Labute approximate surface area is 98.7 Å². The van der Waals surface area contributed by atoms with Gasteiger partial charge in [-0.05, 0) is 26.3 Å². The van der Waals surface area contributed by atoms with E-state index in [1.165, 1.54) is 5.56 Å². The van der Waals surface area contributed by atoms with Crippen molar-refractivity contribution < 1.29 is 0 Å². The molecule has 2 heteroatoms. The second-order valence-corrected chi connectivity index (χ2v) is 5.46. The summed E-state index contributed by atoms with van der Waals surface area (Å²) in [7, 11) is 0. The molecule has 1 N–H and O–H groups in total. The van der Waals surface area contributed by atoms with Crippen LogP contribution in [0.5, 0.6) is 0 Å². The minimum Gasteiger partial charge on any atom is -0.311 e. The molecule has 0 amide bonds. The van der Waals surface area contributed by atoms with Gasteiger partial charge in [0.05, 0.1) is 0 Å². The number of benzene rings is 1.